The maximum absolute atomic E-state index is 3.30. The molecule has 0 spiro atoms. The zero-order chi connectivity index (χ0) is 15.3. The van der Waals surface area contributed by atoms with E-state index in [4.69, 9.17) is 0 Å². The Kier molecular flexibility index (Phi) is 5.49. The van der Waals surface area contributed by atoms with E-state index in [2.05, 4.69) is 80.7 Å². The third-order valence-electron chi connectivity index (χ3n) is 3.56. The Morgan fingerprint density at radius 3 is 2.10 bits per heavy atom. The summed E-state index contributed by atoms with van der Waals surface area (Å²) in [6, 6.07) is 19.7. The van der Waals surface area contributed by atoms with Gasteiger partial charge in [-0.05, 0) is 35.7 Å². The summed E-state index contributed by atoms with van der Waals surface area (Å²) in [5, 5.41) is 3.74. The third-order valence-corrected chi connectivity index (χ3v) is 4.83. The number of nitrogens with one attached hydrogen (secondary N) is 1. The molecule has 112 valence electrons. The second-order valence-electron chi connectivity index (χ2n) is 6.35. The minimum Gasteiger partial charge on any atom is -0.318 e. The molecule has 0 aliphatic rings. The van der Waals surface area contributed by atoms with Gasteiger partial charge in [0, 0.05) is 16.7 Å². The maximum atomic E-state index is 3.30. The lowest BCUT2D eigenvalue weighted by atomic mass is 9.87. The second-order valence-corrected chi connectivity index (χ2v) is 7.63. The average Bonchev–Trinajstić information content (AvgIpc) is 2.47. The highest BCUT2D eigenvalue weighted by Crippen LogP contribution is 2.35. The predicted octanol–water partition coefficient (Wildman–Crippen LogP) is 5.04. The number of thioether (sulfide) groups is 1. The van der Waals surface area contributed by atoms with Gasteiger partial charge in [-0.3, -0.25) is 0 Å². The first-order valence-corrected chi connectivity index (χ1v) is 8.35. The monoisotopic (exact) mass is 299 g/mol. The van der Waals surface area contributed by atoms with Gasteiger partial charge in [0.05, 0.1) is 0 Å². The summed E-state index contributed by atoms with van der Waals surface area (Å²) in [5.41, 5.74) is 2.97. The molecule has 21 heavy (non-hydrogen) atoms. The Morgan fingerprint density at radius 2 is 1.57 bits per heavy atom. The van der Waals surface area contributed by atoms with Gasteiger partial charge in [0.1, 0.15) is 0 Å². The van der Waals surface area contributed by atoms with E-state index in [1.54, 1.807) is 0 Å². The smallest absolute Gasteiger partial charge is 0.0468 e. The van der Waals surface area contributed by atoms with Crippen molar-refractivity contribution in [3.05, 3.63) is 65.7 Å². The normalized spacial score (nSPS) is 13.1. The molecule has 0 heterocycles. The fraction of sp³-hybridized carbons (Fsp3) is 0.368. The fourth-order valence-electron chi connectivity index (χ4n) is 2.28. The van der Waals surface area contributed by atoms with E-state index in [1.807, 2.05) is 18.8 Å². The molecule has 0 fully saturated rings. The fourth-order valence-corrected chi connectivity index (χ4v) is 3.44. The van der Waals surface area contributed by atoms with Crippen LogP contribution in [0.25, 0.3) is 0 Å². The SMILES string of the molecule is CNCC(Sc1ccc(C(C)(C)C)cc1)c1ccccc1. The number of benzene rings is 2. The van der Waals surface area contributed by atoms with Crippen molar-refractivity contribution in [2.24, 2.45) is 0 Å². The van der Waals surface area contributed by atoms with Crippen LogP contribution in [0.15, 0.2) is 59.5 Å². The Bertz CT molecular complexity index is 540. The van der Waals surface area contributed by atoms with Crippen LogP contribution in [-0.4, -0.2) is 13.6 Å². The van der Waals surface area contributed by atoms with E-state index in [1.165, 1.54) is 16.0 Å². The van der Waals surface area contributed by atoms with Crippen LogP contribution < -0.4 is 5.32 Å². The Labute approximate surface area is 133 Å². The zero-order valence-electron chi connectivity index (χ0n) is 13.4. The first-order valence-electron chi connectivity index (χ1n) is 7.47. The van der Waals surface area contributed by atoms with Gasteiger partial charge >= 0.3 is 0 Å². The molecular weight excluding hydrogens is 274 g/mol. The Morgan fingerprint density at radius 1 is 0.952 bits per heavy atom. The highest BCUT2D eigenvalue weighted by Gasteiger charge is 2.15. The molecule has 1 unspecified atom stereocenters. The quantitative estimate of drug-likeness (QED) is 0.777. The molecule has 0 saturated heterocycles. The van der Waals surface area contributed by atoms with E-state index in [0.717, 1.165) is 6.54 Å². The molecule has 2 heteroatoms. The van der Waals surface area contributed by atoms with Gasteiger partial charge in [-0.1, -0.05) is 63.2 Å². The second kappa shape index (κ2) is 7.15. The summed E-state index contributed by atoms with van der Waals surface area (Å²) < 4.78 is 0. The van der Waals surface area contributed by atoms with Crippen molar-refractivity contribution in [2.45, 2.75) is 36.3 Å². The Hall–Kier alpha value is -1.25. The van der Waals surface area contributed by atoms with Crippen LogP contribution in [0.1, 0.15) is 37.1 Å². The lowest BCUT2D eigenvalue weighted by Gasteiger charge is -2.20. The van der Waals surface area contributed by atoms with Crippen LogP contribution >= 0.6 is 11.8 Å². The first-order chi connectivity index (χ1) is 10.0. The molecule has 2 aromatic rings. The summed E-state index contributed by atoms with van der Waals surface area (Å²) in [5.74, 6) is 0. The van der Waals surface area contributed by atoms with Crippen LogP contribution in [-0.2, 0) is 5.41 Å². The van der Waals surface area contributed by atoms with Crippen LogP contribution in [0.4, 0.5) is 0 Å². The molecule has 0 aliphatic heterocycles. The maximum Gasteiger partial charge on any atom is 0.0468 e. The van der Waals surface area contributed by atoms with Crippen molar-refractivity contribution in [1.29, 1.82) is 0 Å². The Balaban J connectivity index is 2.14. The minimum absolute atomic E-state index is 0.215. The highest BCUT2D eigenvalue weighted by molar-refractivity contribution is 7.99. The van der Waals surface area contributed by atoms with Gasteiger partial charge in [0.15, 0.2) is 0 Å². The van der Waals surface area contributed by atoms with Gasteiger partial charge in [-0.15, -0.1) is 11.8 Å². The van der Waals surface area contributed by atoms with E-state index in [-0.39, 0.29) is 5.41 Å². The number of likely N-dealkylation sites (N-methyl/N-ethyl adjacent to an activating group) is 1. The average molecular weight is 299 g/mol. The predicted molar refractivity (Wildman–Crippen MR) is 94.1 cm³/mol. The lowest BCUT2D eigenvalue weighted by molar-refractivity contribution is 0.589. The van der Waals surface area contributed by atoms with Gasteiger partial charge in [-0.25, -0.2) is 0 Å². The molecule has 0 aliphatic carbocycles. The van der Waals surface area contributed by atoms with E-state index in [9.17, 15) is 0 Å². The zero-order valence-corrected chi connectivity index (χ0v) is 14.2. The first kappa shape index (κ1) is 16.1. The molecule has 0 bridgehead atoms. The van der Waals surface area contributed by atoms with E-state index >= 15 is 0 Å². The van der Waals surface area contributed by atoms with Crippen LogP contribution in [0, 0.1) is 0 Å². The molecule has 2 rings (SSSR count). The number of hydrogen-bond donors (Lipinski definition) is 1. The van der Waals surface area contributed by atoms with Gasteiger partial charge in [-0.2, -0.15) is 0 Å². The van der Waals surface area contributed by atoms with Gasteiger partial charge in [0.2, 0.25) is 0 Å². The molecule has 0 saturated carbocycles. The standard InChI is InChI=1S/C19H25NS/c1-19(2,3)16-10-12-17(13-11-16)21-18(14-20-4)15-8-6-5-7-9-15/h5-13,18,20H,14H2,1-4H3. The van der Waals surface area contributed by atoms with Crippen molar-refractivity contribution >= 4 is 11.8 Å². The van der Waals surface area contributed by atoms with E-state index < -0.39 is 0 Å². The molecular formula is C19H25NS. The minimum atomic E-state index is 0.215. The molecule has 0 radical (unpaired) electrons. The van der Waals surface area contributed by atoms with Crippen molar-refractivity contribution < 1.29 is 0 Å². The largest absolute Gasteiger partial charge is 0.318 e. The van der Waals surface area contributed by atoms with Gasteiger partial charge in [0.25, 0.3) is 0 Å². The summed E-state index contributed by atoms with van der Waals surface area (Å²) in [6.45, 7) is 7.73. The van der Waals surface area contributed by atoms with Crippen LogP contribution in [0.5, 0.6) is 0 Å². The van der Waals surface area contributed by atoms with Crippen LogP contribution in [0.3, 0.4) is 0 Å². The summed E-state index contributed by atoms with van der Waals surface area (Å²) >= 11 is 1.92. The molecule has 0 amide bonds. The van der Waals surface area contributed by atoms with Crippen molar-refractivity contribution in [2.75, 3.05) is 13.6 Å². The lowest BCUT2D eigenvalue weighted by Crippen LogP contribution is -2.15. The summed E-state index contributed by atoms with van der Waals surface area (Å²) in [7, 11) is 2.01. The highest BCUT2D eigenvalue weighted by atomic mass is 32.2. The van der Waals surface area contributed by atoms with Crippen LogP contribution in [0.2, 0.25) is 0 Å². The topological polar surface area (TPSA) is 12.0 Å². The van der Waals surface area contributed by atoms with Gasteiger partial charge < -0.3 is 5.32 Å². The summed E-state index contributed by atoms with van der Waals surface area (Å²) in [4.78, 5) is 1.33. The molecule has 1 N–H and O–H groups in total. The molecule has 0 aromatic heterocycles. The van der Waals surface area contributed by atoms with Crippen molar-refractivity contribution in [3.63, 3.8) is 0 Å². The van der Waals surface area contributed by atoms with Crippen molar-refractivity contribution in [1.82, 2.24) is 5.32 Å². The number of rotatable bonds is 5. The molecule has 1 atom stereocenters. The molecule has 1 nitrogen and oxygen atoms in total. The van der Waals surface area contributed by atoms with E-state index in [0.29, 0.717) is 5.25 Å². The third kappa shape index (κ3) is 4.62. The van der Waals surface area contributed by atoms with Crippen molar-refractivity contribution in [3.8, 4) is 0 Å². The number of hydrogen-bond acceptors (Lipinski definition) is 2. The summed E-state index contributed by atoms with van der Waals surface area (Å²) in [6.07, 6.45) is 0. The molecule has 2 aromatic carbocycles.